The molecule has 1 aliphatic heterocycles. The number of carbonyl (C=O) groups excluding carboxylic acids is 1. The zero-order chi connectivity index (χ0) is 17.5. The van der Waals surface area contributed by atoms with E-state index in [1.54, 1.807) is 0 Å². The molecule has 1 aromatic carbocycles. The number of aliphatic hydroxyl groups excluding tert-OH is 1. The molecule has 5 nitrogen and oxygen atoms in total. The van der Waals surface area contributed by atoms with Gasteiger partial charge in [-0.3, -0.25) is 9.69 Å². The van der Waals surface area contributed by atoms with E-state index in [9.17, 15) is 9.90 Å². The maximum Gasteiger partial charge on any atom is 0.251 e. The van der Waals surface area contributed by atoms with Crippen LogP contribution in [0.25, 0.3) is 0 Å². The van der Waals surface area contributed by atoms with Crippen LogP contribution in [-0.4, -0.2) is 66.7 Å². The fourth-order valence-corrected chi connectivity index (χ4v) is 2.80. The Kier molecular flexibility index (Phi) is 7.21. The molecule has 24 heavy (non-hydrogen) atoms. The third kappa shape index (κ3) is 5.58. The fourth-order valence-electron chi connectivity index (χ4n) is 2.80. The number of likely N-dealkylation sites (N-methyl/N-ethyl adjacent to an activating group) is 1. The van der Waals surface area contributed by atoms with Crippen molar-refractivity contribution in [2.45, 2.75) is 32.9 Å². The molecule has 1 aliphatic rings. The first-order valence-corrected chi connectivity index (χ1v) is 8.95. The predicted molar refractivity (Wildman–Crippen MR) is 97.0 cm³/mol. The molecular weight excluding hydrogens is 302 g/mol. The van der Waals surface area contributed by atoms with Crippen molar-refractivity contribution in [1.29, 1.82) is 0 Å². The van der Waals surface area contributed by atoms with Crippen LogP contribution >= 0.6 is 0 Å². The van der Waals surface area contributed by atoms with Crippen LogP contribution in [0, 0.1) is 5.92 Å². The van der Waals surface area contributed by atoms with Crippen LogP contribution in [0.1, 0.15) is 36.2 Å². The van der Waals surface area contributed by atoms with E-state index in [-0.39, 0.29) is 11.8 Å². The van der Waals surface area contributed by atoms with Gasteiger partial charge in [0, 0.05) is 44.8 Å². The molecule has 2 unspecified atom stereocenters. The lowest BCUT2D eigenvalue weighted by molar-refractivity contribution is 0.0850. The van der Waals surface area contributed by atoms with E-state index < -0.39 is 6.10 Å². The Morgan fingerprint density at radius 1 is 1.21 bits per heavy atom. The topological polar surface area (TPSA) is 55.8 Å². The number of hydrogen-bond donors (Lipinski definition) is 2. The third-order valence-electron chi connectivity index (χ3n) is 4.99. The summed E-state index contributed by atoms with van der Waals surface area (Å²) in [6, 6.07) is 7.80. The predicted octanol–water partition coefficient (Wildman–Crippen LogP) is 1.57. The first-order valence-electron chi connectivity index (χ1n) is 8.95. The van der Waals surface area contributed by atoms with Gasteiger partial charge >= 0.3 is 0 Å². The molecule has 0 bridgehead atoms. The summed E-state index contributed by atoms with van der Waals surface area (Å²) in [5.74, 6) is 0.0692. The molecule has 2 rings (SSSR count). The van der Waals surface area contributed by atoms with E-state index in [4.69, 9.17) is 0 Å². The number of aliphatic hydroxyl groups is 1. The summed E-state index contributed by atoms with van der Waals surface area (Å²) in [7, 11) is 2.16. The molecule has 1 heterocycles. The van der Waals surface area contributed by atoms with Crippen LogP contribution < -0.4 is 5.32 Å². The minimum atomic E-state index is -0.490. The summed E-state index contributed by atoms with van der Waals surface area (Å²) >= 11 is 0. The summed E-state index contributed by atoms with van der Waals surface area (Å²) < 4.78 is 0. The maximum absolute atomic E-state index is 12.2. The lowest BCUT2D eigenvalue weighted by Crippen LogP contribution is -2.43. The minimum absolute atomic E-state index is 0.122. The molecule has 0 aromatic heterocycles. The highest BCUT2D eigenvalue weighted by atomic mass is 16.3. The summed E-state index contributed by atoms with van der Waals surface area (Å²) in [4.78, 5) is 16.9. The smallest absolute Gasteiger partial charge is 0.251 e. The van der Waals surface area contributed by atoms with E-state index in [1.165, 1.54) is 5.56 Å². The highest BCUT2D eigenvalue weighted by molar-refractivity contribution is 5.94. The van der Waals surface area contributed by atoms with Crippen molar-refractivity contribution < 1.29 is 9.90 Å². The molecule has 1 saturated heterocycles. The second-order valence-corrected chi connectivity index (χ2v) is 6.94. The Morgan fingerprint density at radius 2 is 1.83 bits per heavy atom. The number of amides is 1. The van der Waals surface area contributed by atoms with Crippen LogP contribution in [0.5, 0.6) is 0 Å². The average molecular weight is 333 g/mol. The number of piperazine rings is 1. The first-order chi connectivity index (χ1) is 11.5. The Morgan fingerprint density at radius 3 is 2.42 bits per heavy atom. The van der Waals surface area contributed by atoms with Gasteiger partial charge in [-0.1, -0.05) is 32.4 Å². The second-order valence-electron chi connectivity index (χ2n) is 6.94. The van der Waals surface area contributed by atoms with Gasteiger partial charge < -0.3 is 15.3 Å². The number of nitrogens with zero attached hydrogens (tertiary/aromatic N) is 2. The van der Waals surface area contributed by atoms with Crippen molar-refractivity contribution in [3.8, 4) is 0 Å². The maximum atomic E-state index is 12.2. The summed E-state index contributed by atoms with van der Waals surface area (Å²) in [6.45, 7) is 9.66. The molecule has 1 amide bonds. The van der Waals surface area contributed by atoms with Crippen LogP contribution in [-0.2, 0) is 6.54 Å². The molecule has 1 aromatic rings. The zero-order valence-corrected chi connectivity index (χ0v) is 15.2. The number of nitrogens with one attached hydrogen (secondary N) is 1. The van der Waals surface area contributed by atoms with Crippen molar-refractivity contribution >= 4 is 5.91 Å². The number of rotatable bonds is 7. The molecule has 0 aliphatic carbocycles. The number of carbonyl (C=O) groups is 1. The Hall–Kier alpha value is -1.43. The Bertz CT molecular complexity index is 510. The molecule has 2 N–H and O–H groups in total. The third-order valence-corrected chi connectivity index (χ3v) is 4.99. The monoisotopic (exact) mass is 333 g/mol. The molecule has 0 spiro atoms. The SMILES string of the molecule is CCC(C)C(O)CNC(=O)c1ccc(CN2CCN(C)CC2)cc1. The van der Waals surface area contributed by atoms with E-state index in [2.05, 4.69) is 22.2 Å². The minimum Gasteiger partial charge on any atom is -0.391 e. The highest BCUT2D eigenvalue weighted by Crippen LogP contribution is 2.10. The van der Waals surface area contributed by atoms with Gasteiger partial charge in [0.2, 0.25) is 0 Å². The zero-order valence-electron chi connectivity index (χ0n) is 15.2. The van der Waals surface area contributed by atoms with E-state index in [1.807, 2.05) is 38.1 Å². The summed E-state index contributed by atoms with van der Waals surface area (Å²) in [5.41, 5.74) is 1.88. The summed E-state index contributed by atoms with van der Waals surface area (Å²) in [6.07, 6.45) is 0.411. The van der Waals surface area contributed by atoms with Gasteiger partial charge in [0.15, 0.2) is 0 Å². The molecule has 5 heteroatoms. The van der Waals surface area contributed by atoms with Crippen LogP contribution in [0.3, 0.4) is 0 Å². The van der Waals surface area contributed by atoms with Crippen molar-refractivity contribution in [2.24, 2.45) is 5.92 Å². The van der Waals surface area contributed by atoms with Gasteiger partial charge in [-0.15, -0.1) is 0 Å². The average Bonchev–Trinajstić information content (AvgIpc) is 2.61. The summed E-state index contributed by atoms with van der Waals surface area (Å²) in [5, 5.41) is 12.7. The van der Waals surface area contributed by atoms with E-state index in [0.717, 1.165) is 39.1 Å². The van der Waals surface area contributed by atoms with Crippen LogP contribution in [0.4, 0.5) is 0 Å². The van der Waals surface area contributed by atoms with Crippen molar-refractivity contribution in [2.75, 3.05) is 39.8 Å². The lowest BCUT2D eigenvalue weighted by atomic mass is 10.0. The van der Waals surface area contributed by atoms with Crippen molar-refractivity contribution in [3.05, 3.63) is 35.4 Å². The fraction of sp³-hybridized carbons (Fsp3) is 0.632. The second kappa shape index (κ2) is 9.16. The lowest BCUT2D eigenvalue weighted by Gasteiger charge is -2.32. The molecule has 0 radical (unpaired) electrons. The molecule has 134 valence electrons. The van der Waals surface area contributed by atoms with E-state index in [0.29, 0.717) is 12.1 Å². The standard InChI is InChI=1S/C19H31N3O2/c1-4-15(2)18(23)13-20-19(24)17-7-5-16(6-8-17)14-22-11-9-21(3)10-12-22/h5-8,15,18,23H,4,9-14H2,1-3H3,(H,20,24). The highest BCUT2D eigenvalue weighted by Gasteiger charge is 2.15. The van der Waals surface area contributed by atoms with E-state index >= 15 is 0 Å². The first kappa shape index (κ1) is 18.9. The van der Waals surface area contributed by atoms with Crippen LogP contribution in [0.2, 0.25) is 0 Å². The molecule has 0 saturated carbocycles. The molecule has 2 atom stereocenters. The van der Waals surface area contributed by atoms with Gasteiger partial charge in [-0.2, -0.15) is 0 Å². The normalized spacial score (nSPS) is 19.0. The Labute approximate surface area is 145 Å². The van der Waals surface area contributed by atoms with Gasteiger partial charge in [0.1, 0.15) is 0 Å². The quantitative estimate of drug-likeness (QED) is 0.795. The van der Waals surface area contributed by atoms with Gasteiger partial charge in [-0.25, -0.2) is 0 Å². The van der Waals surface area contributed by atoms with Crippen LogP contribution in [0.15, 0.2) is 24.3 Å². The molecular formula is C19H31N3O2. The van der Waals surface area contributed by atoms with Gasteiger partial charge in [-0.05, 0) is 30.7 Å². The van der Waals surface area contributed by atoms with Gasteiger partial charge in [0.25, 0.3) is 5.91 Å². The number of hydrogen-bond acceptors (Lipinski definition) is 4. The molecule has 1 fully saturated rings. The van der Waals surface area contributed by atoms with Crippen molar-refractivity contribution in [1.82, 2.24) is 15.1 Å². The Balaban J connectivity index is 1.81. The van der Waals surface area contributed by atoms with Gasteiger partial charge in [0.05, 0.1) is 6.10 Å². The van der Waals surface area contributed by atoms with Crippen molar-refractivity contribution in [3.63, 3.8) is 0 Å². The largest absolute Gasteiger partial charge is 0.391 e. The number of benzene rings is 1.